The van der Waals surface area contributed by atoms with Gasteiger partial charge >= 0.3 is 5.97 Å². The fourth-order valence-electron chi connectivity index (χ4n) is 2.37. The molecule has 0 radical (unpaired) electrons. The second-order valence-electron chi connectivity index (χ2n) is 5.29. The summed E-state index contributed by atoms with van der Waals surface area (Å²) in [5.74, 6) is -0.299. The van der Waals surface area contributed by atoms with Crippen molar-refractivity contribution in [3.05, 3.63) is 48.6 Å². The Bertz CT molecular complexity index is 512. The van der Waals surface area contributed by atoms with Crippen molar-refractivity contribution < 1.29 is 14.3 Å². The summed E-state index contributed by atoms with van der Waals surface area (Å²) in [6, 6.07) is 9.11. The molecule has 1 aromatic rings. The van der Waals surface area contributed by atoms with E-state index in [0.717, 1.165) is 0 Å². The summed E-state index contributed by atoms with van der Waals surface area (Å²) < 4.78 is 5.12. The van der Waals surface area contributed by atoms with Gasteiger partial charge < -0.3 is 9.64 Å². The molecule has 0 aromatic heterocycles. The Morgan fingerprint density at radius 3 is 2.75 bits per heavy atom. The fraction of sp³-hybridized carbons (Fsp3) is 0.375. The van der Waals surface area contributed by atoms with E-state index < -0.39 is 5.41 Å². The molecule has 0 spiro atoms. The van der Waals surface area contributed by atoms with Gasteiger partial charge in [0.05, 0.1) is 5.41 Å². The van der Waals surface area contributed by atoms with Gasteiger partial charge in [0.25, 0.3) is 5.91 Å². The molecule has 1 aliphatic rings. The lowest BCUT2D eigenvalue weighted by atomic mass is 9.90. The number of likely N-dealkylation sites (tertiary alicyclic amines) is 1. The zero-order chi connectivity index (χ0) is 14.6. The van der Waals surface area contributed by atoms with Crippen LogP contribution in [0.1, 0.15) is 23.7 Å². The monoisotopic (exact) mass is 273 g/mol. The molecule has 0 N–H and O–H groups in total. The molecule has 1 aliphatic heterocycles. The van der Waals surface area contributed by atoms with Crippen LogP contribution in [0.25, 0.3) is 0 Å². The van der Waals surface area contributed by atoms with E-state index in [-0.39, 0.29) is 18.5 Å². The van der Waals surface area contributed by atoms with Crippen LogP contribution >= 0.6 is 0 Å². The molecule has 1 unspecified atom stereocenters. The molecular weight excluding hydrogens is 254 g/mol. The van der Waals surface area contributed by atoms with Crippen LogP contribution in [0.4, 0.5) is 0 Å². The van der Waals surface area contributed by atoms with Gasteiger partial charge in [-0.1, -0.05) is 30.9 Å². The van der Waals surface area contributed by atoms with Crippen LogP contribution in [0, 0.1) is 5.41 Å². The van der Waals surface area contributed by atoms with Gasteiger partial charge in [0, 0.05) is 18.7 Å². The largest absolute Gasteiger partial charge is 0.461 e. The number of amides is 1. The van der Waals surface area contributed by atoms with Crippen LogP contribution in [0.15, 0.2) is 43.0 Å². The number of nitrogens with zero attached hydrogens (tertiary/aromatic N) is 1. The lowest BCUT2D eigenvalue weighted by Gasteiger charge is -2.22. The smallest absolute Gasteiger partial charge is 0.313 e. The minimum absolute atomic E-state index is 0.0363. The van der Waals surface area contributed by atoms with Gasteiger partial charge in [-0.25, -0.2) is 0 Å². The van der Waals surface area contributed by atoms with Crippen molar-refractivity contribution >= 4 is 11.9 Å². The Kier molecular flexibility index (Phi) is 4.23. The summed E-state index contributed by atoms with van der Waals surface area (Å²) in [4.78, 5) is 26.1. The topological polar surface area (TPSA) is 46.6 Å². The fourth-order valence-corrected chi connectivity index (χ4v) is 2.37. The Hall–Kier alpha value is -2.10. The molecule has 20 heavy (non-hydrogen) atoms. The van der Waals surface area contributed by atoms with Gasteiger partial charge in [-0.3, -0.25) is 9.59 Å². The second kappa shape index (κ2) is 5.90. The molecule has 0 bridgehead atoms. The van der Waals surface area contributed by atoms with E-state index in [1.807, 2.05) is 25.1 Å². The van der Waals surface area contributed by atoms with Gasteiger partial charge in [-0.05, 0) is 25.5 Å². The third kappa shape index (κ3) is 2.90. The van der Waals surface area contributed by atoms with E-state index in [4.69, 9.17) is 4.74 Å². The first kappa shape index (κ1) is 14.3. The molecule has 4 heteroatoms. The average molecular weight is 273 g/mol. The number of benzene rings is 1. The Labute approximate surface area is 119 Å². The quantitative estimate of drug-likeness (QED) is 0.624. The van der Waals surface area contributed by atoms with E-state index in [1.54, 1.807) is 23.1 Å². The van der Waals surface area contributed by atoms with Crippen LogP contribution in [-0.2, 0) is 9.53 Å². The number of carbonyl (C=O) groups is 2. The lowest BCUT2D eigenvalue weighted by Crippen LogP contribution is -2.36. The van der Waals surface area contributed by atoms with Gasteiger partial charge in [0.2, 0.25) is 0 Å². The maximum atomic E-state index is 12.3. The summed E-state index contributed by atoms with van der Waals surface area (Å²) in [5.41, 5.74) is 0.0317. The first-order valence-corrected chi connectivity index (χ1v) is 6.69. The summed E-state index contributed by atoms with van der Waals surface area (Å²) in [6.07, 6.45) is 2.17. The van der Waals surface area contributed by atoms with Crippen molar-refractivity contribution in [3.8, 4) is 0 Å². The first-order chi connectivity index (χ1) is 9.57. The molecular formula is C16H19NO3. The Balaban J connectivity index is 2.03. The van der Waals surface area contributed by atoms with Crippen LogP contribution in [0.3, 0.4) is 0 Å². The van der Waals surface area contributed by atoms with Crippen LogP contribution in [-0.4, -0.2) is 36.5 Å². The SMILES string of the molecule is C=CCOC(=O)C1(C)CCN(C(=O)c2ccccc2)C1. The van der Waals surface area contributed by atoms with Gasteiger partial charge in [-0.15, -0.1) is 0 Å². The molecule has 2 rings (SSSR count). The predicted molar refractivity (Wildman–Crippen MR) is 76.2 cm³/mol. The van der Waals surface area contributed by atoms with Crippen LogP contribution < -0.4 is 0 Å². The highest BCUT2D eigenvalue weighted by Crippen LogP contribution is 2.32. The molecule has 1 saturated heterocycles. The second-order valence-corrected chi connectivity index (χ2v) is 5.29. The van der Waals surface area contributed by atoms with E-state index in [0.29, 0.717) is 25.1 Å². The molecule has 1 fully saturated rings. The van der Waals surface area contributed by atoms with E-state index in [2.05, 4.69) is 6.58 Å². The zero-order valence-corrected chi connectivity index (χ0v) is 11.7. The zero-order valence-electron chi connectivity index (χ0n) is 11.7. The third-order valence-electron chi connectivity index (χ3n) is 3.61. The third-order valence-corrected chi connectivity index (χ3v) is 3.61. The predicted octanol–water partition coefficient (Wildman–Crippen LogP) is 2.27. The molecule has 1 atom stereocenters. The minimum atomic E-state index is -0.618. The number of rotatable bonds is 4. The maximum Gasteiger partial charge on any atom is 0.313 e. The van der Waals surface area contributed by atoms with E-state index in [9.17, 15) is 9.59 Å². The Morgan fingerprint density at radius 2 is 2.10 bits per heavy atom. The minimum Gasteiger partial charge on any atom is -0.461 e. The first-order valence-electron chi connectivity index (χ1n) is 6.69. The highest BCUT2D eigenvalue weighted by Gasteiger charge is 2.43. The summed E-state index contributed by atoms with van der Waals surface area (Å²) >= 11 is 0. The van der Waals surface area contributed by atoms with Crippen LogP contribution in [0.5, 0.6) is 0 Å². The van der Waals surface area contributed by atoms with Crippen molar-refractivity contribution in [2.24, 2.45) is 5.41 Å². The Morgan fingerprint density at radius 1 is 1.40 bits per heavy atom. The number of carbonyl (C=O) groups excluding carboxylic acids is 2. The molecule has 106 valence electrons. The highest BCUT2D eigenvalue weighted by molar-refractivity contribution is 5.95. The average Bonchev–Trinajstić information content (AvgIpc) is 2.88. The van der Waals surface area contributed by atoms with Gasteiger partial charge in [0.1, 0.15) is 6.61 Å². The highest BCUT2D eigenvalue weighted by atomic mass is 16.5. The molecule has 1 aromatic carbocycles. The maximum absolute atomic E-state index is 12.3. The molecule has 0 aliphatic carbocycles. The molecule has 1 heterocycles. The molecule has 0 saturated carbocycles. The normalized spacial score (nSPS) is 21.6. The lowest BCUT2D eigenvalue weighted by molar-refractivity contribution is -0.152. The number of ether oxygens (including phenoxy) is 1. The number of esters is 1. The van der Waals surface area contributed by atoms with Gasteiger partial charge in [0.15, 0.2) is 0 Å². The van der Waals surface area contributed by atoms with E-state index >= 15 is 0 Å². The van der Waals surface area contributed by atoms with Crippen molar-refractivity contribution in [2.45, 2.75) is 13.3 Å². The summed E-state index contributed by atoms with van der Waals surface area (Å²) in [7, 11) is 0. The standard InChI is InChI=1S/C16H19NO3/c1-3-11-20-15(19)16(2)9-10-17(12-16)14(18)13-7-5-4-6-8-13/h3-8H,1,9-12H2,2H3. The van der Waals surface area contributed by atoms with Crippen molar-refractivity contribution in [1.29, 1.82) is 0 Å². The summed E-state index contributed by atoms with van der Waals surface area (Å²) in [5, 5.41) is 0. The number of hydrogen-bond acceptors (Lipinski definition) is 3. The summed E-state index contributed by atoms with van der Waals surface area (Å²) in [6.45, 7) is 6.55. The van der Waals surface area contributed by atoms with Crippen molar-refractivity contribution in [1.82, 2.24) is 4.90 Å². The van der Waals surface area contributed by atoms with Crippen molar-refractivity contribution in [3.63, 3.8) is 0 Å². The molecule has 4 nitrogen and oxygen atoms in total. The van der Waals surface area contributed by atoms with Crippen molar-refractivity contribution in [2.75, 3.05) is 19.7 Å². The van der Waals surface area contributed by atoms with E-state index in [1.165, 1.54) is 0 Å². The molecule has 1 amide bonds. The van der Waals surface area contributed by atoms with Crippen LogP contribution in [0.2, 0.25) is 0 Å². The number of hydrogen-bond donors (Lipinski definition) is 0. The van der Waals surface area contributed by atoms with Gasteiger partial charge in [-0.2, -0.15) is 0 Å².